The highest BCUT2D eigenvalue weighted by Crippen LogP contribution is 2.70. The number of rotatable bonds is 3. The normalized spacial score (nSPS) is 45.7. The Hall–Kier alpha value is -0.760. The van der Waals surface area contributed by atoms with Gasteiger partial charge < -0.3 is 9.52 Å². The average molecular weight is 218 g/mol. The van der Waals surface area contributed by atoms with E-state index in [0.29, 0.717) is 12.3 Å². The third kappa shape index (κ3) is 1.17. The lowest BCUT2D eigenvalue weighted by Gasteiger charge is -2.13. The van der Waals surface area contributed by atoms with Crippen LogP contribution in [0.4, 0.5) is 0 Å². The van der Waals surface area contributed by atoms with Crippen molar-refractivity contribution in [1.29, 1.82) is 0 Å². The summed E-state index contributed by atoms with van der Waals surface area (Å²) in [6, 6.07) is 3.87. The SMILES string of the molecule is OC(Cc1ccco1)C1C2C3CCC(C3)C12. The predicted molar refractivity (Wildman–Crippen MR) is 59.7 cm³/mol. The Balaban J connectivity index is 1.45. The Kier molecular flexibility index (Phi) is 1.82. The van der Waals surface area contributed by atoms with E-state index in [1.165, 1.54) is 19.3 Å². The molecule has 0 aromatic carbocycles. The van der Waals surface area contributed by atoms with Crippen molar-refractivity contribution < 1.29 is 9.52 Å². The number of fused-ring (bicyclic) bond motifs is 5. The molecule has 3 aliphatic rings. The van der Waals surface area contributed by atoms with Crippen molar-refractivity contribution in [3.8, 4) is 0 Å². The van der Waals surface area contributed by atoms with Gasteiger partial charge in [-0.3, -0.25) is 0 Å². The smallest absolute Gasteiger partial charge is 0.106 e. The second-order valence-electron chi connectivity index (χ2n) is 5.92. The lowest BCUT2D eigenvalue weighted by Crippen LogP contribution is -2.18. The molecule has 16 heavy (non-hydrogen) atoms. The van der Waals surface area contributed by atoms with Gasteiger partial charge in [-0.15, -0.1) is 0 Å². The minimum atomic E-state index is -0.162. The fourth-order valence-electron chi connectivity index (χ4n) is 4.68. The van der Waals surface area contributed by atoms with Gasteiger partial charge in [0.15, 0.2) is 0 Å². The van der Waals surface area contributed by atoms with Crippen molar-refractivity contribution in [3.63, 3.8) is 0 Å². The first-order valence-electron chi connectivity index (χ1n) is 6.55. The molecule has 1 heterocycles. The van der Waals surface area contributed by atoms with E-state index >= 15 is 0 Å². The van der Waals surface area contributed by atoms with Gasteiger partial charge in [-0.1, -0.05) is 0 Å². The first-order valence-corrected chi connectivity index (χ1v) is 6.55. The maximum Gasteiger partial charge on any atom is 0.106 e. The van der Waals surface area contributed by atoms with Gasteiger partial charge in [0, 0.05) is 6.42 Å². The van der Waals surface area contributed by atoms with Crippen LogP contribution in [0.3, 0.4) is 0 Å². The van der Waals surface area contributed by atoms with Crippen LogP contribution in [-0.2, 0) is 6.42 Å². The van der Waals surface area contributed by atoms with Crippen molar-refractivity contribution in [2.75, 3.05) is 0 Å². The molecule has 4 rings (SSSR count). The van der Waals surface area contributed by atoms with E-state index in [4.69, 9.17) is 4.42 Å². The second kappa shape index (κ2) is 3.13. The minimum Gasteiger partial charge on any atom is -0.469 e. The van der Waals surface area contributed by atoms with Crippen LogP contribution < -0.4 is 0 Å². The summed E-state index contributed by atoms with van der Waals surface area (Å²) < 4.78 is 5.31. The van der Waals surface area contributed by atoms with Crippen LogP contribution in [0, 0.1) is 29.6 Å². The van der Waals surface area contributed by atoms with E-state index in [2.05, 4.69) is 0 Å². The molecule has 0 aliphatic heterocycles. The molecule has 0 spiro atoms. The zero-order chi connectivity index (χ0) is 10.7. The molecule has 2 bridgehead atoms. The monoisotopic (exact) mass is 218 g/mol. The van der Waals surface area contributed by atoms with Crippen molar-refractivity contribution in [2.24, 2.45) is 29.6 Å². The number of hydrogen-bond acceptors (Lipinski definition) is 2. The molecule has 1 N–H and O–H groups in total. The summed E-state index contributed by atoms with van der Waals surface area (Å²) in [5, 5.41) is 10.3. The Morgan fingerprint density at radius 2 is 2.06 bits per heavy atom. The summed E-state index contributed by atoms with van der Waals surface area (Å²) in [5.74, 6) is 5.16. The average Bonchev–Trinajstić information content (AvgIpc) is 2.73. The molecule has 3 fully saturated rings. The molecular weight excluding hydrogens is 200 g/mol. The lowest BCUT2D eigenvalue weighted by atomic mass is 9.97. The summed E-state index contributed by atoms with van der Waals surface area (Å²) in [7, 11) is 0. The van der Waals surface area contributed by atoms with Crippen LogP contribution in [0.15, 0.2) is 22.8 Å². The molecule has 5 unspecified atom stereocenters. The first kappa shape index (κ1) is 9.29. The van der Waals surface area contributed by atoms with Gasteiger partial charge in [-0.05, 0) is 61.0 Å². The summed E-state index contributed by atoms with van der Waals surface area (Å²) >= 11 is 0. The summed E-state index contributed by atoms with van der Waals surface area (Å²) in [5.41, 5.74) is 0. The highest BCUT2D eigenvalue weighted by atomic mass is 16.3. The zero-order valence-corrected chi connectivity index (χ0v) is 9.38. The maximum atomic E-state index is 10.3. The van der Waals surface area contributed by atoms with E-state index < -0.39 is 0 Å². The molecule has 3 aliphatic carbocycles. The summed E-state index contributed by atoms with van der Waals surface area (Å²) in [6.07, 6.45) is 6.55. The van der Waals surface area contributed by atoms with Gasteiger partial charge in [-0.25, -0.2) is 0 Å². The standard InChI is InChI=1S/C14H18O2/c15-11(7-10-2-1-5-16-10)14-12-8-3-4-9(6-8)13(12)14/h1-2,5,8-9,11-15H,3-4,6-7H2. The number of furan rings is 1. The highest BCUT2D eigenvalue weighted by Gasteiger charge is 2.66. The van der Waals surface area contributed by atoms with Crippen molar-refractivity contribution in [2.45, 2.75) is 31.8 Å². The van der Waals surface area contributed by atoms with Gasteiger partial charge >= 0.3 is 0 Å². The highest BCUT2D eigenvalue weighted by molar-refractivity contribution is 5.15. The van der Waals surface area contributed by atoms with Gasteiger partial charge in [-0.2, -0.15) is 0 Å². The molecule has 0 saturated heterocycles. The number of aliphatic hydroxyl groups excluding tert-OH is 1. The molecular formula is C14H18O2. The maximum absolute atomic E-state index is 10.3. The lowest BCUT2D eigenvalue weighted by molar-refractivity contribution is 0.123. The number of aliphatic hydroxyl groups is 1. The zero-order valence-electron chi connectivity index (χ0n) is 9.38. The van der Waals surface area contributed by atoms with E-state index in [1.807, 2.05) is 12.1 Å². The Morgan fingerprint density at radius 1 is 1.31 bits per heavy atom. The summed E-state index contributed by atoms with van der Waals surface area (Å²) in [6.45, 7) is 0. The van der Waals surface area contributed by atoms with E-state index in [1.54, 1.807) is 6.26 Å². The molecule has 3 saturated carbocycles. The van der Waals surface area contributed by atoms with E-state index in [9.17, 15) is 5.11 Å². The molecule has 2 nitrogen and oxygen atoms in total. The largest absolute Gasteiger partial charge is 0.469 e. The summed E-state index contributed by atoms with van der Waals surface area (Å²) in [4.78, 5) is 0. The van der Waals surface area contributed by atoms with Gasteiger partial charge in [0.25, 0.3) is 0 Å². The third-order valence-electron chi connectivity index (χ3n) is 5.23. The van der Waals surface area contributed by atoms with Gasteiger partial charge in [0.1, 0.15) is 5.76 Å². The Bertz CT molecular complexity index is 367. The minimum absolute atomic E-state index is 0.162. The van der Waals surface area contributed by atoms with Crippen LogP contribution in [-0.4, -0.2) is 11.2 Å². The third-order valence-corrected chi connectivity index (χ3v) is 5.23. The van der Waals surface area contributed by atoms with Crippen LogP contribution in [0.25, 0.3) is 0 Å². The van der Waals surface area contributed by atoms with Gasteiger partial charge in [0.05, 0.1) is 12.4 Å². The fraction of sp³-hybridized carbons (Fsp3) is 0.714. The quantitative estimate of drug-likeness (QED) is 0.845. The fourth-order valence-corrected chi connectivity index (χ4v) is 4.68. The molecule has 0 radical (unpaired) electrons. The molecule has 5 atom stereocenters. The van der Waals surface area contributed by atoms with Crippen molar-refractivity contribution in [1.82, 2.24) is 0 Å². The van der Waals surface area contributed by atoms with E-state index in [-0.39, 0.29) is 6.10 Å². The van der Waals surface area contributed by atoms with Crippen LogP contribution in [0.5, 0.6) is 0 Å². The number of hydrogen-bond donors (Lipinski definition) is 1. The second-order valence-corrected chi connectivity index (χ2v) is 5.92. The van der Waals surface area contributed by atoms with Crippen LogP contribution in [0.2, 0.25) is 0 Å². The van der Waals surface area contributed by atoms with Crippen LogP contribution in [0.1, 0.15) is 25.0 Å². The molecule has 0 amide bonds. The van der Waals surface area contributed by atoms with Crippen molar-refractivity contribution in [3.05, 3.63) is 24.2 Å². The van der Waals surface area contributed by atoms with Gasteiger partial charge in [0.2, 0.25) is 0 Å². The van der Waals surface area contributed by atoms with Crippen molar-refractivity contribution >= 4 is 0 Å². The molecule has 1 aromatic rings. The Labute approximate surface area is 95.7 Å². The topological polar surface area (TPSA) is 33.4 Å². The molecule has 2 heteroatoms. The predicted octanol–water partition coefficient (Wildman–Crippen LogP) is 2.48. The Morgan fingerprint density at radius 3 is 2.69 bits per heavy atom. The van der Waals surface area contributed by atoms with Crippen LogP contribution >= 0.6 is 0 Å². The molecule has 86 valence electrons. The van der Waals surface area contributed by atoms with E-state index in [0.717, 1.165) is 29.4 Å². The first-order chi connectivity index (χ1) is 7.84. The molecule has 1 aromatic heterocycles.